The van der Waals surface area contributed by atoms with Gasteiger partial charge in [-0.1, -0.05) is 13.8 Å². The summed E-state index contributed by atoms with van der Waals surface area (Å²) in [7, 11) is 0. The van der Waals surface area contributed by atoms with Crippen LogP contribution in [0.4, 0.5) is 0 Å². The number of halogens is 2. The first-order valence-electron chi connectivity index (χ1n) is 6.12. The zero-order chi connectivity index (χ0) is 13.5. The molecule has 0 unspecified atom stereocenters. The van der Waals surface area contributed by atoms with Crippen molar-refractivity contribution < 1.29 is 4.79 Å². The first-order valence-corrected chi connectivity index (χ1v) is 7.45. The van der Waals surface area contributed by atoms with Gasteiger partial charge in [0.25, 0.3) is 5.91 Å². The molecule has 0 radical (unpaired) electrons. The fourth-order valence-electron chi connectivity index (χ4n) is 1.92. The number of hydrogen-bond donors (Lipinski definition) is 0. The maximum atomic E-state index is 12.4. The Labute approximate surface area is 122 Å². The number of alkyl halides is 1. The van der Waals surface area contributed by atoms with Crippen LogP contribution in [0.2, 0.25) is 0 Å². The molecule has 0 spiro atoms. The van der Waals surface area contributed by atoms with Crippen molar-refractivity contribution in [2.45, 2.75) is 32.7 Å². The summed E-state index contributed by atoms with van der Waals surface area (Å²) in [6, 6.07) is 3.78. The van der Waals surface area contributed by atoms with Gasteiger partial charge in [0.05, 0.1) is 0 Å². The predicted octanol–water partition coefficient (Wildman–Crippen LogP) is 3.71. The molecular weight excluding hydrogens is 316 g/mol. The molecule has 1 aromatic heterocycles. The van der Waals surface area contributed by atoms with Gasteiger partial charge in [0.15, 0.2) is 0 Å². The van der Waals surface area contributed by atoms with E-state index in [4.69, 9.17) is 11.6 Å². The minimum atomic E-state index is -0.0446. The lowest BCUT2D eigenvalue weighted by Gasteiger charge is -2.29. The Hall–Kier alpha value is -0.610. The van der Waals surface area contributed by atoms with E-state index in [-0.39, 0.29) is 11.9 Å². The SMILES string of the molecule is CCC(CC)N(CCCl)C(=O)c1ccc(Br)cn1. The molecule has 0 aromatic carbocycles. The normalized spacial score (nSPS) is 10.7. The van der Waals surface area contributed by atoms with Crippen molar-refractivity contribution in [3.8, 4) is 0 Å². The van der Waals surface area contributed by atoms with E-state index in [2.05, 4.69) is 34.8 Å². The van der Waals surface area contributed by atoms with Crippen LogP contribution in [0.25, 0.3) is 0 Å². The maximum absolute atomic E-state index is 12.4. The molecule has 0 bridgehead atoms. The molecule has 3 nitrogen and oxygen atoms in total. The fraction of sp³-hybridized carbons (Fsp3) is 0.538. The van der Waals surface area contributed by atoms with Crippen molar-refractivity contribution in [2.75, 3.05) is 12.4 Å². The summed E-state index contributed by atoms with van der Waals surface area (Å²) in [5.74, 6) is 0.399. The smallest absolute Gasteiger partial charge is 0.272 e. The van der Waals surface area contributed by atoms with Crippen molar-refractivity contribution in [3.05, 3.63) is 28.5 Å². The molecule has 0 N–H and O–H groups in total. The van der Waals surface area contributed by atoms with Gasteiger partial charge in [0.2, 0.25) is 0 Å². The summed E-state index contributed by atoms with van der Waals surface area (Å²) in [5, 5.41) is 0. The molecule has 0 fully saturated rings. The van der Waals surface area contributed by atoms with Crippen LogP contribution in [0.15, 0.2) is 22.8 Å². The van der Waals surface area contributed by atoms with Crippen LogP contribution in [0, 0.1) is 0 Å². The van der Waals surface area contributed by atoms with E-state index in [0.717, 1.165) is 17.3 Å². The number of carbonyl (C=O) groups excluding carboxylic acids is 1. The van der Waals surface area contributed by atoms with Crippen molar-refractivity contribution in [1.82, 2.24) is 9.88 Å². The minimum Gasteiger partial charge on any atom is -0.333 e. The molecule has 0 aliphatic carbocycles. The molecule has 100 valence electrons. The Balaban J connectivity index is 2.91. The molecule has 1 heterocycles. The van der Waals surface area contributed by atoms with Crippen molar-refractivity contribution in [3.63, 3.8) is 0 Å². The first kappa shape index (κ1) is 15.4. The number of aromatic nitrogens is 1. The van der Waals surface area contributed by atoms with Gasteiger partial charge in [-0.25, -0.2) is 4.98 Å². The molecule has 0 saturated heterocycles. The van der Waals surface area contributed by atoms with Gasteiger partial charge in [-0.2, -0.15) is 0 Å². The van der Waals surface area contributed by atoms with Gasteiger partial charge >= 0.3 is 0 Å². The van der Waals surface area contributed by atoms with Gasteiger partial charge < -0.3 is 4.90 Å². The molecule has 18 heavy (non-hydrogen) atoms. The summed E-state index contributed by atoms with van der Waals surface area (Å²) in [6.07, 6.45) is 3.49. The first-order chi connectivity index (χ1) is 8.63. The number of carbonyl (C=O) groups is 1. The highest BCUT2D eigenvalue weighted by molar-refractivity contribution is 9.10. The lowest BCUT2D eigenvalue weighted by Crippen LogP contribution is -2.41. The van der Waals surface area contributed by atoms with E-state index >= 15 is 0 Å². The second-order valence-corrected chi connectivity index (χ2v) is 5.31. The molecule has 0 aliphatic heterocycles. The quantitative estimate of drug-likeness (QED) is 0.743. The predicted molar refractivity (Wildman–Crippen MR) is 78.1 cm³/mol. The highest BCUT2D eigenvalue weighted by atomic mass is 79.9. The number of amides is 1. The molecule has 0 atom stereocenters. The zero-order valence-electron chi connectivity index (χ0n) is 10.7. The average Bonchev–Trinajstić information content (AvgIpc) is 2.39. The van der Waals surface area contributed by atoms with E-state index in [9.17, 15) is 4.79 Å². The van der Waals surface area contributed by atoms with Crippen LogP contribution in [0.3, 0.4) is 0 Å². The lowest BCUT2D eigenvalue weighted by atomic mass is 10.1. The summed E-state index contributed by atoms with van der Waals surface area (Å²) in [5.41, 5.74) is 0.468. The van der Waals surface area contributed by atoms with Crippen LogP contribution in [0.1, 0.15) is 37.2 Å². The van der Waals surface area contributed by atoms with Crippen molar-refractivity contribution in [1.29, 1.82) is 0 Å². The van der Waals surface area contributed by atoms with E-state index in [1.807, 2.05) is 11.0 Å². The van der Waals surface area contributed by atoms with Crippen LogP contribution in [0.5, 0.6) is 0 Å². The van der Waals surface area contributed by atoms with Crippen LogP contribution >= 0.6 is 27.5 Å². The fourth-order valence-corrected chi connectivity index (χ4v) is 2.34. The highest BCUT2D eigenvalue weighted by Gasteiger charge is 2.22. The van der Waals surface area contributed by atoms with Crippen molar-refractivity contribution in [2.24, 2.45) is 0 Å². The number of nitrogens with zero attached hydrogens (tertiary/aromatic N) is 2. The Morgan fingerprint density at radius 3 is 2.56 bits per heavy atom. The average molecular weight is 334 g/mol. The molecule has 0 saturated carbocycles. The summed E-state index contributed by atoms with van der Waals surface area (Å²) in [4.78, 5) is 18.4. The molecule has 1 amide bonds. The standard InChI is InChI=1S/C13H18BrClN2O/c1-3-11(4-2)17(8-7-15)13(18)12-6-5-10(14)9-16-12/h5-6,9,11H,3-4,7-8H2,1-2H3. The summed E-state index contributed by atoms with van der Waals surface area (Å²) in [6.45, 7) is 4.72. The summed E-state index contributed by atoms with van der Waals surface area (Å²) < 4.78 is 0.866. The third-order valence-corrected chi connectivity index (χ3v) is 3.55. The molecule has 0 aliphatic rings. The topological polar surface area (TPSA) is 33.2 Å². The third kappa shape index (κ3) is 3.95. The van der Waals surface area contributed by atoms with E-state index in [1.54, 1.807) is 12.3 Å². The van der Waals surface area contributed by atoms with Gasteiger partial charge in [-0.05, 0) is 40.9 Å². The van der Waals surface area contributed by atoms with Gasteiger partial charge in [0, 0.05) is 29.1 Å². The Morgan fingerprint density at radius 1 is 1.44 bits per heavy atom. The lowest BCUT2D eigenvalue weighted by molar-refractivity contribution is 0.0675. The van der Waals surface area contributed by atoms with Gasteiger partial charge in [-0.15, -0.1) is 11.6 Å². The molecular formula is C13H18BrClN2O. The van der Waals surface area contributed by atoms with E-state index in [1.165, 1.54) is 0 Å². The maximum Gasteiger partial charge on any atom is 0.272 e. The van der Waals surface area contributed by atoms with Crippen LogP contribution in [-0.2, 0) is 0 Å². The molecule has 5 heteroatoms. The Bertz CT molecular complexity index is 379. The van der Waals surface area contributed by atoms with Gasteiger partial charge in [0.1, 0.15) is 5.69 Å². The van der Waals surface area contributed by atoms with E-state index in [0.29, 0.717) is 18.1 Å². The second kappa shape index (κ2) is 7.74. The Kier molecular flexibility index (Phi) is 6.65. The number of pyridine rings is 1. The summed E-state index contributed by atoms with van der Waals surface area (Å²) >= 11 is 9.10. The number of hydrogen-bond acceptors (Lipinski definition) is 2. The molecule has 1 aromatic rings. The monoisotopic (exact) mass is 332 g/mol. The number of rotatable bonds is 6. The molecule has 1 rings (SSSR count). The highest BCUT2D eigenvalue weighted by Crippen LogP contribution is 2.14. The Morgan fingerprint density at radius 2 is 2.11 bits per heavy atom. The zero-order valence-corrected chi connectivity index (χ0v) is 13.0. The second-order valence-electron chi connectivity index (χ2n) is 4.02. The largest absolute Gasteiger partial charge is 0.333 e. The third-order valence-electron chi connectivity index (χ3n) is 2.92. The van der Waals surface area contributed by atoms with Crippen molar-refractivity contribution >= 4 is 33.4 Å². The van der Waals surface area contributed by atoms with Crippen LogP contribution in [-0.4, -0.2) is 34.3 Å². The van der Waals surface area contributed by atoms with E-state index < -0.39 is 0 Å². The minimum absolute atomic E-state index is 0.0446. The van der Waals surface area contributed by atoms with Gasteiger partial charge in [-0.3, -0.25) is 4.79 Å². The van der Waals surface area contributed by atoms with Crippen LogP contribution < -0.4 is 0 Å².